The average molecular weight is 202 g/mol. The first-order valence-electron chi connectivity index (χ1n) is 5.21. The lowest BCUT2D eigenvalue weighted by Gasteiger charge is -2.42. The van der Waals surface area contributed by atoms with Crippen molar-refractivity contribution >= 4 is 11.8 Å². The maximum Gasteiger partial charge on any atom is 0.0432 e. The number of nitrogens with zero attached hydrogens (tertiary/aromatic N) is 1. The second-order valence-electron chi connectivity index (χ2n) is 4.11. The zero-order chi connectivity index (χ0) is 9.90. The van der Waals surface area contributed by atoms with Gasteiger partial charge in [-0.3, -0.25) is 4.90 Å². The van der Waals surface area contributed by atoms with Crippen molar-refractivity contribution < 1.29 is 0 Å². The van der Waals surface area contributed by atoms with E-state index in [1.54, 1.807) is 0 Å². The van der Waals surface area contributed by atoms with Crippen LogP contribution in [-0.4, -0.2) is 41.1 Å². The third-order valence-corrected chi connectivity index (χ3v) is 4.27. The molecule has 0 amide bonds. The van der Waals surface area contributed by atoms with Gasteiger partial charge in [-0.15, -0.1) is 0 Å². The van der Waals surface area contributed by atoms with Gasteiger partial charge in [0.1, 0.15) is 0 Å². The van der Waals surface area contributed by atoms with Gasteiger partial charge in [0.25, 0.3) is 0 Å². The summed E-state index contributed by atoms with van der Waals surface area (Å²) in [5.41, 5.74) is 6.23. The zero-order valence-corrected chi connectivity index (χ0v) is 9.86. The van der Waals surface area contributed by atoms with E-state index in [1.807, 2.05) is 11.8 Å². The van der Waals surface area contributed by atoms with Crippen molar-refractivity contribution in [2.75, 3.05) is 24.6 Å². The van der Waals surface area contributed by atoms with Crippen LogP contribution in [0, 0.1) is 0 Å². The summed E-state index contributed by atoms with van der Waals surface area (Å²) in [6.07, 6.45) is 1.26. The van der Waals surface area contributed by atoms with Crippen LogP contribution < -0.4 is 5.73 Å². The van der Waals surface area contributed by atoms with Gasteiger partial charge in [-0.05, 0) is 32.6 Å². The standard InChI is InChI=1S/C10H22N2S/c1-4-12(9(2)3)10(7-11)5-6-13-8-10/h9H,4-8,11H2,1-3H3. The van der Waals surface area contributed by atoms with Crippen molar-refractivity contribution in [2.24, 2.45) is 5.73 Å². The largest absolute Gasteiger partial charge is 0.329 e. The van der Waals surface area contributed by atoms with Gasteiger partial charge in [0.15, 0.2) is 0 Å². The molecular formula is C10H22N2S. The molecule has 3 heteroatoms. The van der Waals surface area contributed by atoms with Gasteiger partial charge in [0, 0.05) is 23.9 Å². The Balaban J connectivity index is 2.72. The molecule has 0 radical (unpaired) electrons. The average Bonchev–Trinajstić information content (AvgIpc) is 2.55. The van der Waals surface area contributed by atoms with Crippen LogP contribution in [0.5, 0.6) is 0 Å². The molecule has 0 aromatic rings. The van der Waals surface area contributed by atoms with Crippen molar-refractivity contribution in [3.8, 4) is 0 Å². The van der Waals surface area contributed by atoms with Gasteiger partial charge in [-0.1, -0.05) is 6.92 Å². The Kier molecular flexibility index (Phi) is 4.07. The normalized spacial score (nSPS) is 29.1. The molecule has 0 bridgehead atoms. The van der Waals surface area contributed by atoms with Crippen LogP contribution in [0.25, 0.3) is 0 Å². The predicted molar refractivity (Wildman–Crippen MR) is 61.2 cm³/mol. The van der Waals surface area contributed by atoms with Gasteiger partial charge >= 0.3 is 0 Å². The molecule has 0 spiro atoms. The Bertz CT molecular complexity index is 153. The van der Waals surface area contributed by atoms with Gasteiger partial charge in [0.05, 0.1) is 0 Å². The monoisotopic (exact) mass is 202 g/mol. The second-order valence-corrected chi connectivity index (χ2v) is 5.22. The number of likely N-dealkylation sites (N-methyl/N-ethyl adjacent to an activating group) is 1. The Hall–Kier alpha value is 0.270. The van der Waals surface area contributed by atoms with E-state index in [0.717, 1.165) is 13.1 Å². The van der Waals surface area contributed by atoms with E-state index >= 15 is 0 Å². The summed E-state index contributed by atoms with van der Waals surface area (Å²) in [5.74, 6) is 2.50. The number of hydrogen-bond acceptors (Lipinski definition) is 3. The molecule has 1 aliphatic heterocycles. The minimum atomic E-state index is 0.299. The van der Waals surface area contributed by atoms with E-state index in [-0.39, 0.29) is 0 Å². The fourth-order valence-electron chi connectivity index (χ4n) is 2.35. The molecule has 78 valence electrons. The molecular weight excluding hydrogens is 180 g/mol. The highest BCUT2D eigenvalue weighted by atomic mass is 32.2. The topological polar surface area (TPSA) is 29.3 Å². The molecule has 1 aliphatic rings. The second kappa shape index (κ2) is 4.67. The predicted octanol–water partition coefficient (Wildman–Crippen LogP) is 1.55. The summed E-state index contributed by atoms with van der Waals surface area (Å²) < 4.78 is 0. The highest BCUT2D eigenvalue weighted by Crippen LogP contribution is 2.33. The van der Waals surface area contributed by atoms with E-state index in [4.69, 9.17) is 5.73 Å². The fourth-order valence-corrected chi connectivity index (χ4v) is 3.83. The first-order valence-corrected chi connectivity index (χ1v) is 6.36. The summed E-state index contributed by atoms with van der Waals surface area (Å²) in [5, 5.41) is 0. The van der Waals surface area contributed by atoms with Gasteiger partial charge in [-0.25, -0.2) is 0 Å². The highest BCUT2D eigenvalue weighted by Gasteiger charge is 2.39. The number of rotatable bonds is 4. The highest BCUT2D eigenvalue weighted by molar-refractivity contribution is 7.99. The van der Waals surface area contributed by atoms with Crippen LogP contribution >= 0.6 is 11.8 Å². The number of nitrogens with two attached hydrogens (primary N) is 1. The van der Waals surface area contributed by atoms with Gasteiger partial charge in [0.2, 0.25) is 0 Å². The molecule has 1 rings (SSSR count). The fraction of sp³-hybridized carbons (Fsp3) is 1.00. The molecule has 0 aromatic carbocycles. The molecule has 1 fully saturated rings. The van der Waals surface area contributed by atoms with Crippen molar-refractivity contribution in [3.05, 3.63) is 0 Å². The minimum Gasteiger partial charge on any atom is -0.329 e. The summed E-state index contributed by atoms with van der Waals surface area (Å²) in [6.45, 7) is 8.70. The Morgan fingerprint density at radius 1 is 1.54 bits per heavy atom. The number of hydrogen-bond donors (Lipinski definition) is 1. The van der Waals surface area contributed by atoms with Crippen molar-refractivity contribution in [1.82, 2.24) is 4.90 Å². The molecule has 13 heavy (non-hydrogen) atoms. The molecule has 1 saturated heterocycles. The van der Waals surface area contributed by atoms with Crippen molar-refractivity contribution in [1.29, 1.82) is 0 Å². The van der Waals surface area contributed by atoms with Gasteiger partial charge in [-0.2, -0.15) is 11.8 Å². The van der Waals surface area contributed by atoms with Crippen LogP contribution in [-0.2, 0) is 0 Å². The third-order valence-electron chi connectivity index (χ3n) is 3.04. The molecule has 2 N–H and O–H groups in total. The lowest BCUT2D eigenvalue weighted by atomic mass is 9.95. The maximum atomic E-state index is 5.93. The SMILES string of the molecule is CCN(C(C)C)C1(CN)CCSC1. The molecule has 0 aromatic heterocycles. The zero-order valence-electron chi connectivity index (χ0n) is 9.05. The first kappa shape index (κ1) is 11.3. The Labute approximate surface area is 86.2 Å². The molecule has 2 nitrogen and oxygen atoms in total. The van der Waals surface area contributed by atoms with E-state index in [2.05, 4.69) is 25.7 Å². The first-order chi connectivity index (χ1) is 6.16. The lowest BCUT2D eigenvalue weighted by Crippen LogP contribution is -2.56. The maximum absolute atomic E-state index is 5.93. The van der Waals surface area contributed by atoms with E-state index in [1.165, 1.54) is 17.9 Å². The number of thioether (sulfide) groups is 1. The van der Waals surface area contributed by atoms with Crippen LogP contribution in [0.2, 0.25) is 0 Å². The van der Waals surface area contributed by atoms with Crippen molar-refractivity contribution in [3.63, 3.8) is 0 Å². The van der Waals surface area contributed by atoms with Crippen molar-refractivity contribution in [2.45, 2.75) is 38.8 Å². The minimum absolute atomic E-state index is 0.299. The third kappa shape index (κ3) is 2.20. The molecule has 1 heterocycles. The summed E-state index contributed by atoms with van der Waals surface area (Å²) in [7, 11) is 0. The molecule has 1 atom stereocenters. The van der Waals surface area contributed by atoms with Crippen LogP contribution in [0.1, 0.15) is 27.2 Å². The smallest absolute Gasteiger partial charge is 0.0432 e. The quantitative estimate of drug-likeness (QED) is 0.750. The van der Waals surface area contributed by atoms with E-state index in [9.17, 15) is 0 Å². The molecule has 1 unspecified atom stereocenters. The van der Waals surface area contributed by atoms with E-state index in [0.29, 0.717) is 11.6 Å². The lowest BCUT2D eigenvalue weighted by molar-refractivity contribution is 0.0884. The molecule has 0 saturated carbocycles. The van der Waals surface area contributed by atoms with Crippen LogP contribution in [0.4, 0.5) is 0 Å². The van der Waals surface area contributed by atoms with Crippen LogP contribution in [0.3, 0.4) is 0 Å². The van der Waals surface area contributed by atoms with Gasteiger partial charge < -0.3 is 5.73 Å². The summed E-state index contributed by atoms with van der Waals surface area (Å²) in [6, 6.07) is 0.618. The molecule has 0 aliphatic carbocycles. The van der Waals surface area contributed by atoms with E-state index < -0.39 is 0 Å². The van der Waals surface area contributed by atoms with Crippen LogP contribution in [0.15, 0.2) is 0 Å². The Morgan fingerprint density at radius 2 is 2.23 bits per heavy atom. The summed E-state index contributed by atoms with van der Waals surface area (Å²) >= 11 is 2.05. The Morgan fingerprint density at radius 3 is 2.54 bits per heavy atom. The summed E-state index contributed by atoms with van der Waals surface area (Å²) in [4.78, 5) is 2.56.